The zero-order valence-corrected chi connectivity index (χ0v) is 12.5. The summed E-state index contributed by atoms with van der Waals surface area (Å²) in [5.74, 6) is 0. The molecule has 0 bridgehead atoms. The summed E-state index contributed by atoms with van der Waals surface area (Å²) in [5, 5.41) is 14.9. The fraction of sp³-hybridized carbons (Fsp3) is 0.500. The second kappa shape index (κ2) is 4.66. The largest absolute Gasteiger partial charge is 0.389 e. The van der Waals surface area contributed by atoms with Gasteiger partial charge in [0.25, 0.3) is 0 Å². The highest BCUT2D eigenvalue weighted by Crippen LogP contribution is 2.24. The molecule has 0 atom stereocenters. The molecule has 0 unspecified atom stereocenters. The van der Waals surface area contributed by atoms with Crippen molar-refractivity contribution < 1.29 is 5.11 Å². The fourth-order valence-electron chi connectivity index (χ4n) is 2.10. The number of hydrogen-bond donors (Lipinski definition) is 2. The van der Waals surface area contributed by atoms with Crippen molar-refractivity contribution in [3.63, 3.8) is 0 Å². The monoisotopic (exact) mass is 260 g/mol. The lowest BCUT2D eigenvalue weighted by atomic mass is 9.86. The Kier molecular flexibility index (Phi) is 3.45. The number of nitrogens with zero attached hydrogens (tertiary/aromatic N) is 1. The number of rotatable bonds is 4. The van der Waals surface area contributed by atoms with Crippen molar-refractivity contribution in [1.29, 1.82) is 0 Å². The smallest absolute Gasteiger partial charge is 0.0767 e. The van der Waals surface area contributed by atoms with Crippen LogP contribution in [0.1, 0.15) is 33.3 Å². The van der Waals surface area contributed by atoms with Gasteiger partial charge in [0.05, 0.1) is 5.60 Å². The predicted molar refractivity (Wildman–Crippen MR) is 80.1 cm³/mol. The van der Waals surface area contributed by atoms with Crippen LogP contribution in [-0.4, -0.2) is 20.8 Å². The highest BCUT2D eigenvalue weighted by atomic mass is 16.3. The summed E-state index contributed by atoms with van der Waals surface area (Å²) in [7, 11) is 2.06. The number of benzene rings is 1. The Bertz CT molecular complexity index is 576. The van der Waals surface area contributed by atoms with Crippen molar-refractivity contribution in [1.82, 2.24) is 9.88 Å². The van der Waals surface area contributed by atoms with Crippen molar-refractivity contribution in [3.05, 3.63) is 36.0 Å². The van der Waals surface area contributed by atoms with Crippen molar-refractivity contribution in [3.8, 4) is 0 Å². The van der Waals surface area contributed by atoms with E-state index in [0.717, 1.165) is 6.54 Å². The summed E-state index contributed by atoms with van der Waals surface area (Å²) in [6.45, 7) is 8.47. The van der Waals surface area contributed by atoms with Gasteiger partial charge < -0.3 is 15.0 Å². The number of aliphatic hydroxyl groups is 1. The van der Waals surface area contributed by atoms with Gasteiger partial charge >= 0.3 is 0 Å². The Labute approximate surface area is 115 Å². The van der Waals surface area contributed by atoms with Crippen LogP contribution in [0.3, 0.4) is 0 Å². The average molecular weight is 260 g/mol. The minimum atomic E-state index is -0.766. The lowest BCUT2D eigenvalue weighted by Gasteiger charge is -2.38. The van der Waals surface area contributed by atoms with Crippen LogP contribution in [0.2, 0.25) is 0 Å². The molecule has 0 radical (unpaired) electrons. The molecule has 2 aromatic rings. The van der Waals surface area contributed by atoms with E-state index >= 15 is 0 Å². The molecule has 0 spiro atoms. The molecule has 2 N–H and O–H groups in total. The number of hydrogen-bond acceptors (Lipinski definition) is 2. The van der Waals surface area contributed by atoms with E-state index in [9.17, 15) is 5.11 Å². The average Bonchev–Trinajstić information content (AvgIpc) is 2.63. The van der Waals surface area contributed by atoms with Gasteiger partial charge in [0.2, 0.25) is 0 Å². The van der Waals surface area contributed by atoms with E-state index in [-0.39, 0.29) is 5.54 Å². The SMILES string of the molecule is Cn1cc(CNC(C)(C)C(C)(C)O)c2ccccc21. The molecule has 2 rings (SSSR count). The standard InChI is InChI=1S/C16H24N2O/c1-15(2,16(3,4)19)17-10-12-11-18(5)14-9-7-6-8-13(12)14/h6-9,11,17,19H,10H2,1-5H3. The van der Waals surface area contributed by atoms with Gasteiger partial charge in [0.15, 0.2) is 0 Å². The van der Waals surface area contributed by atoms with Crippen LogP contribution in [-0.2, 0) is 13.6 Å². The maximum atomic E-state index is 10.2. The van der Waals surface area contributed by atoms with E-state index in [1.54, 1.807) is 0 Å². The summed E-state index contributed by atoms with van der Waals surface area (Å²) in [6.07, 6.45) is 2.15. The van der Waals surface area contributed by atoms with E-state index in [1.807, 2.05) is 27.7 Å². The number of nitrogens with one attached hydrogen (secondary N) is 1. The molecule has 0 fully saturated rings. The van der Waals surface area contributed by atoms with Crippen LogP contribution in [0.5, 0.6) is 0 Å². The molecule has 0 saturated carbocycles. The Morgan fingerprint density at radius 1 is 1.16 bits per heavy atom. The third kappa shape index (κ3) is 2.67. The van der Waals surface area contributed by atoms with Gasteiger partial charge in [0.1, 0.15) is 0 Å². The van der Waals surface area contributed by atoms with Crippen molar-refractivity contribution in [2.45, 2.75) is 45.4 Å². The zero-order valence-electron chi connectivity index (χ0n) is 12.5. The number of aryl methyl sites for hydroxylation is 1. The summed E-state index contributed by atoms with van der Waals surface area (Å²) < 4.78 is 2.14. The van der Waals surface area contributed by atoms with E-state index in [2.05, 4.69) is 47.4 Å². The molecule has 3 nitrogen and oxygen atoms in total. The van der Waals surface area contributed by atoms with Gasteiger partial charge in [-0.05, 0) is 39.3 Å². The van der Waals surface area contributed by atoms with Gasteiger partial charge in [-0.2, -0.15) is 0 Å². The topological polar surface area (TPSA) is 37.2 Å². The number of para-hydroxylation sites is 1. The van der Waals surface area contributed by atoms with Gasteiger partial charge in [-0.1, -0.05) is 18.2 Å². The predicted octanol–water partition coefficient (Wildman–Crippen LogP) is 2.82. The molecule has 0 saturated heterocycles. The first kappa shape index (κ1) is 14.1. The Morgan fingerprint density at radius 3 is 2.42 bits per heavy atom. The maximum Gasteiger partial charge on any atom is 0.0767 e. The van der Waals surface area contributed by atoms with Crippen LogP contribution in [0, 0.1) is 0 Å². The molecule has 19 heavy (non-hydrogen) atoms. The highest BCUT2D eigenvalue weighted by molar-refractivity contribution is 5.83. The minimum Gasteiger partial charge on any atom is -0.389 e. The number of aromatic nitrogens is 1. The van der Waals surface area contributed by atoms with E-state index in [1.165, 1.54) is 16.5 Å². The van der Waals surface area contributed by atoms with Crippen LogP contribution >= 0.6 is 0 Å². The lowest BCUT2D eigenvalue weighted by molar-refractivity contribution is -0.00527. The first-order valence-electron chi connectivity index (χ1n) is 6.73. The van der Waals surface area contributed by atoms with E-state index in [4.69, 9.17) is 0 Å². The van der Waals surface area contributed by atoms with Gasteiger partial charge in [0, 0.05) is 36.2 Å². The normalized spacial score (nSPS) is 13.2. The summed E-state index contributed by atoms with van der Waals surface area (Å²) in [6, 6.07) is 8.39. The van der Waals surface area contributed by atoms with Gasteiger partial charge in [-0.25, -0.2) is 0 Å². The first-order valence-corrected chi connectivity index (χ1v) is 6.73. The second-order valence-corrected chi connectivity index (χ2v) is 6.32. The fourth-order valence-corrected chi connectivity index (χ4v) is 2.10. The minimum absolute atomic E-state index is 0.343. The Balaban J connectivity index is 2.24. The van der Waals surface area contributed by atoms with Crippen LogP contribution < -0.4 is 5.32 Å². The molecule has 0 aliphatic carbocycles. The van der Waals surface area contributed by atoms with E-state index in [0.29, 0.717) is 0 Å². The maximum absolute atomic E-state index is 10.2. The molecule has 3 heteroatoms. The Morgan fingerprint density at radius 2 is 1.79 bits per heavy atom. The lowest BCUT2D eigenvalue weighted by Crippen LogP contribution is -2.55. The van der Waals surface area contributed by atoms with Gasteiger partial charge in [-0.15, -0.1) is 0 Å². The summed E-state index contributed by atoms with van der Waals surface area (Å²) >= 11 is 0. The zero-order chi connectivity index (χ0) is 14.3. The molecule has 1 aromatic carbocycles. The van der Waals surface area contributed by atoms with Crippen molar-refractivity contribution in [2.75, 3.05) is 0 Å². The molecule has 1 aromatic heterocycles. The van der Waals surface area contributed by atoms with E-state index < -0.39 is 5.60 Å². The molecule has 104 valence electrons. The molecular weight excluding hydrogens is 236 g/mol. The van der Waals surface area contributed by atoms with Crippen LogP contribution in [0.4, 0.5) is 0 Å². The van der Waals surface area contributed by atoms with Gasteiger partial charge in [-0.3, -0.25) is 0 Å². The summed E-state index contributed by atoms with van der Waals surface area (Å²) in [4.78, 5) is 0. The molecular formula is C16H24N2O. The molecule has 1 heterocycles. The van der Waals surface area contributed by atoms with Crippen LogP contribution in [0.15, 0.2) is 30.5 Å². The third-order valence-electron chi connectivity index (χ3n) is 4.23. The first-order chi connectivity index (χ1) is 8.72. The third-order valence-corrected chi connectivity index (χ3v) is 4.23. The quantitative estimate of drug-likeness (QED) is 0.887. The summed E-state index contributed by atoms with van der Waals surface area (Å²) in [5.41, 5.74) is 1.39. The number of fused-ring (bicyclic) bond motifs is 1. The highest BCUT2D eigenvalue weighted by Gasteiger charge is 2.34. The second-order valence-electron chi connectivity index (χ2n) is 6.32. The molecule has 0 amide bonds. The van der Waals surface area contributed by atoms with Crippen molar-refractivity contribution >= 4 is 10.9 Å². The molecule has 0 aliphatic rings. The van der Waals surface area contributed by atoms with Crippen molar-refractivity contribution in [2.24, 2.45) is 7.05 Å². The Hall–Kier alpha value is -1.32. The van der Waals surface area contributed by atoms with Crippen LogP contribution in [0.25, 0.3) is 10.9 Å². The molecule has 0 aliphatic heterocycles.